The van der Waals surface area contributed by atoms with Gasteiger partial charge in [-0.05, 0) is 34.7 Å². The van der Waals surface area contributed by atoms with E-state index < -0.39 is 11.9 Å². The number of esters is 1. The van der Waals surface area contributed by atoms with Gasteiger partial charge in [0.1, 0.15) is 13.2 Å². The van der Waals surface area contributed by atoms with Gasteiger partial charge in [0.05, 0.1) is 10.0 Å². The fourth-order valence-electron chi connectivity index (χ4n) is 2.21. The number of rotatable bonds is 5. The lowest BCUT2D eigenvalue weighted by molar-refractivity contribution is -0.143. The van der Waals surface area contributed by atoms with E-state index in [2.05, 4.69) is 26.1 Å². The van der Waals surface area contributed by atoms with Gasteiger partial charge in [0.15, 0.2) is 0 Å². The van der Waals surface area contributed by atoms with Crippen molar-refractivity contribution in [2.75, 3.05) is 6.54 Å². The third kappa shape index (κ3) is 5.75. The topological polar surface area (TPSA) is 55.4 Å². The van der Waals surface area contributed by atoms with E-state index in [0.29, 0.717) is 10.6 Å². The molecule has 0 radical (unpaired) electrons. The Morgan fingerprint density at radius 2 is 1.65 bits per heavy atom. The lowest BCUT2D eigenvalue weighted by Crippen LogP contribution is -2.30. The summed E-state index contributed by atoms with van der Waals surface area (Å²) in [6.45, 7) is 6.35. The van der Waals surface area contributed by atoms with Gasteiger partial charge in [-0.3, -0.25) is 9.59 Å². The van der Waals surface area contributed by atoms with E-state index in [0.717, 1.165) is 5.56 Å². The molecule has 0 aromatic heterocycles. The van der Waals surface area contributed by atoms with Crippen LogP contribution in [0, 0.1) is 0 Å². The highest BCUT2D eigenvalue weighted by Crippen LogP contribution is 2.23. The zero-order valence-electron chi connectivity index (χ0n) is 14.9. The Kier molecular flexibility index (Phi) is 6.68. The van der Waals surface area contributed by atoms with Gasteiger partial charge >= 0.3 is 5.97 Å². The van der Waals surface area contributed by atoms with E-state index in [1.54, 1.807) is 0 Å². The van der Waals surface area contributed by atoms with E-state index in [9.17, 15) is 9.59 Å². The first-order chi connectivity index (χ1) is 12.2. The third-order valence-corrected chi connectivity index (χ3v) is 4.53. The predicted molar refractivity (Wildman–Crippen MR) is 104 cm³/mol. The molecule has 26 heavy (non-hydrogen) atoms. The van der Waals surface area contributed by atoms with Gasteiger partial charge in [-0.1, -0.05) is 68.2 Å². The second kappa shape index (κ2) is 8.56. The van der Waals surface area contributed by atoms with Crippen LogP contribution in [0.4, 0.5) is 0 Å². The first-order valence-electron chi connectivity index (χ1n) is 8.15. The lowest BCUT2D eigenvalue weighted by Gasteiger charge is -2.19. The average Bonchev–Trinajstić information content (AvgIpc) is 2.59. The number of halogens is 2. The van der Waals surface area contributed by atoms with Crippen molar-refractivity contribution in [1.29, 1.82) is 0 Å². The molecule has 0 aliphatic heterocycles. The lowest BCUT2D eigenvalue weighted by atomic mass is 9.87. The molecule has 2 aromatic rings. The van der Waals surface area contributed by atoms with Crippen LogP contribution in [-0.4, -0.2) is 18.4 Å². The molecule has 1 N–H and O–H groups in total. The van der Waals surface area contributed by atoms with E-state index in [-0.39, 0.29) is 23.6 Å². The SMILES string of the molecule is CC(C)(C)c1ccc(COC(=O)CNC(=O)c2ccc(Cl)c(Cl)c2)cc1. The van der Waals surface area contributed by atoms with Gasteiger partial charge in [0.2, 0.25) is 0 Å². The second-order valence-electron chi connectivity index (χ2n) is 6.92. The van der Waals surface area contributed by atoms with Gasteiger partial charge in [-0.2, -0.15) is 0 Å². The molecule has 0 atom stereocenters. The first-order valence-corrected chi connectivity index (χ1v) is 8.91. The minimum Gasteiger partial charge on any atom is -0.460 e. The number of nitrogens with one attached hydrogen (secondary N) is 1. The molecule has 0 unspecified atom stereocenters. The molecule has 0 aliphatic rings. The molecular weight excluding hydrogens is 373 g/mol. The summed E-state index contributed by atoms with van der Waals surface area (Å²) in [6, 6.07) is 12.4. The average molecular weight is 394 g/mol. The van der Waals surface area contributed by atoms with Crippen molar-refractivity contribution in [3.63, 3.8) is 0 Å². The van der Waals surface area contributed by atoms with Crippen LogP contribution < -0.4 is 5.32 Å². The number of ether oxygens (including phenoxy) is 1. The van der Waals surface area contributed by atoms with Crippen molar-refractivity contribution in [3.8, 4) is 0 Å². The van der Waals surface area contributed by atoms with E-state index in [1.807, 2.05) is 24.3 Å². The van der Waals surface area contributed by atoms with Crippen LogP contribution >= 0.6 is 23.2 Å². The third-order valence-electron chi connectivity index (χ3n) is 3.79. The summed E-state index contributed by atoms with van der Waals surface area (Å²) in [7, 11) is 0. The second-order valence-corrected chi connectivity index (χ2v) is 7.73. The Balaban J connectivity index is 1.81. The molecule has 4 nitrogen and oxygen atoms in total. The van der Waals surface area contributed by atoms with Crippen LogP contribution in [-0.2, 0) is 21.6 Å². The van der Waals surface area contributed by atoms with Crippen LogP contribution in [0.1, 0.15) is 42.3 Å². The van der Waals surface area contributed by atoms with Crippen LogP contribution in [0.25, 0.3) is 0 Å². The summed E-state index contributed by atoms with van der Waals surface area (Å²) in [6.07, 6.45) is 0. The summed E-state index contributed by atoms with van der Waals surface area (Å²) in [5, 5.41) is 3.14. The standard InChI is InChI=1S/C20H21Cl2NO3/c1-20(2,3)15-7-4-13(5-8-15)12-26-18(24)11-23-19(25)14-6-9-16(21)17(22)10-14/h4-10H,11-12H2,1-3H3,(H,23,25). The number of amides is 1. The molecule has 0 spiro atoms. The first kappa shape index (κ1) is 20.3. The summed E-state index contributed by atoms with van der Waals surface area (Å²) in [5.41, 5.74) is 2.50. The van der Waals surface area contributed by atoms with Crippen molar-refractivity contribution >= 4 is 35.1 Å². The van der Waals surface area contributed by atoms with Gasteiger partial charge in [-0.25, -0.2) is 0 Å². The molecule has 0 fully saturated rings. The molecule has 0 bridgehead atoms. The summed E-state index contributed by atoms with van der Waals surface area (Å²) < 4.78 is 5.18. The van der Waals surface area contributed by atoms with Crippen LogP contribution in [0.15, 0.2) is 42.5 Å². The van der Waals surface area contributed by atoms with Crippen molar-refractivity contribution in [3.05, 3.63) is 69.2 Å². The summed E-state index contributed by atoms with van der Waals surface area (Å²) >= 11 is 11.7. The molecule has 2 rings (SSSR count). The Morgan fingerprint density at radius 1 is 1.00 bits per heavy atom. The quantitative estimate of drug-likeness (QED) is 0.744. The zero-order valence-corrected chi connectivity index (χ0v) is 16.4. The molecule has 2 aromatic carbocycles. The maximum Gasteiger partial charge on any atom is 0.325 e. The summed E-state index contributed by atoms with van der Waals surface area (Å²) in [5.74, 6) is -0.937. The van der Waals surface area contributed by atoms with Crippen LogP contribution in [0.2, 0.25) is 10.0 Å². The van der Waals surface area contributed by atoms with Crippen molar-refractivity contribution in [1.82, 2.24) is 5.32 Å². The Labute approximate surface area is 163 Å². The van der Waals surface area contributed by atoms with Crippen LogP contribution in [0.5, 0.6) is 0 Å². The molecular formula is C20H21Cl2NO3. The highest BCUT2D eigenvalue weighted by Gasteiger charge is 2.13. The zero-order chi connectivity index (χ0) is 19.3. The Morgan fingerprint density at radius 3 is 2.23 bits per heavy atom. The van der Waals surface area contributed by atoms with Crippen molar-refractivity contribution in [2.24, 2.45) is 0 Å². The smallest absolute Gasteiger partial charge is 0.325 e. The summed E-state index contributed by atoms with van der Waals surface area (Å²) in [4.78, 5) is 23.8. The highest BCUT2D eigenvalue weighted by molar-refractivity contribution is 6.42. The number of hydrogen-bond donors (Lipinski definition) is 1. The van der Waals surface area contributed by atoms with E-state index in [4.69, 9.17) is 27.9 Å². The minimum atomic E-state index is -0.515. The fourth-order valence-corrected chi connectivity index (χ4v) is 2.51. The predicted octanol–water partition coefficient (Wildman–Crippen LogP) is 4.76. The normalized spacial score (nSPS) is 11.1. The molecule has 138 valence electrons. The molecule has 1 amide bonds. The molecule has 0 saturated heterocycles. The largest absolute Gasteiger partial charge is 0.460 e. The monoisotopic (exact) mass is 393 g/mol. The molecule has 6 heteroatoms. The fraction of sp³-hybridized carbons (Fsp3) is 0.300. The maximum absolute atomic E-state index is 12.0. The highest BCUT2D eigenvalue weighted by atomic mass is 35.5. The van der Waals surface area contributed by atoms with Crippen molar-refractivity contribution in [2.45, 2.75) is 32.8 Å². The number of carbonyl (C=O) groups is 2. The van der Waals surface area contributed by atoms with Gasteiger partial charge < -0.3 is 10.1 Å². The van der Waals surface area contributed by atoms with Crippen molar-refractivity contribution < 1.29 is 14.3 Å². The Bertz CT molecular complexity index is 796. The van der Waals surface area contributed by atoms with E-state index >= 15 is 0 Å². The van der Waals surface area contributed by atoms with E-state index in [1.165, 1.54) is 23.8 Å². The number of carbonyl (C=O) groups excluding carboxylic acids is 2. The number of hydrogen-bond acceptors (Lipinski definition) is 3. The van der Waals surface area contributed by atoms with Gasteiger partial charge in [0, 0.05) is 5.56 Å². The Hall–Kier alpha value is -2.04. The number of benzene rings is 2. The molecule has 0 saturated carbocycles. The minimum absolute atomic E-state index is 0.0735. The van der Waals surface area contributed by atoms with Crippen LogP contribution in [0.3, 0.4) is 0 Å². The van der Waals surface area contributed by atoms with Gasteiger partial charge in [-0.15, -0.1) is 0 Å². The molecule has 0 heterocycles. The maximum atomic E-state index is 12.0. The molecule has 0 aliphatic carbocycles. The van der Waals surface area contributed by atoms with Gasteiger partial charge in [0.25, 0.3) is 5.91 Å².